The lowest BCUT2D eigenvalue weighted by atomic mass is 10.1. The van der Waals surface area contributed by atoms with Gasteiger partial charge in [0.05, 0.1) is 12.1 Å². The molecule has 0 amide bonds. The standard InChI is InChI=1S/C6H6Br2N2.CHNO/c7-4-6(8,5-10)2-1-3-9;2-1-3/h1-2,4H2;2H. The summed E-state index contributed by atoms with van der Waals surface area (Å²) in [5.74, 6) is 0. The van der Waals surface area contributed by atoms with Crippen LogP contribution in [0, 0.1) is 28.1 Å². The number of carbonyl (C=O) groups excluding carboxylic acids is 1. The molecule has 0 bridgehead atoms. The summed E-state index contributed by atoms with van der Waals surface area (Å²) in [5.41, 5.74) is 0. The van der Waals surface area contributed by atoms with E-state index in [0.29, 0.717) is 18.2 Å². The van der Waals surface area contributed by atoms with Crippen molar-refractivity contribution < 1.29 is 4.79 Å². The fraction of sp³-hybridized carbons (Fsp3) is 0.571. The zero-order valence-corrected chi connectivity index (χ0v) is 9.85. The van der Waals surface area contributed by atoms with Gasteiger partial charge >= 0.3 is 0 Å². The molecule has 70 valence electrons. The van der Waals surface area contributed by atoms with E-state index >= 15 is 0 Å². The first-order chi connectivity index (χ1) is 6.10. The molecule has 0 aliphatic heterocycles. The van der Waals surface area contributed by atoms with Crippen LogP contribution in [0.15, 0.2) is 0 Å². The summed E-state index contributed by atoms with van der Waals surface area (Å²) in [5, 5.41) is 22.8. The molecule has 0 saturated carbocycles. The van der Waals surface area contributed by atoms with E-state index in [2.05, 4.69) is 37.9 Å². The highest BCUT2D eigenvalue weighted by Gasteiger charge is 2.23. The Morgan fingerprint density at radius 3 is 2.15 bits per heavy atom. The molecule has 0 aliphatic rings. The van der Waals surface area contributed by atoms with Crippen LogP contribution >= 0.6 is 31.9 Å². The minimum atomic E-state index is -0.553. The van der Waals surface area contributed by atoms with Gasteiger partial charge in [0.2, 0.25) is 6.08 Å². The molecule has 6 heteroatoms. The van der Waals surface area contributed by atoms with E-state index in [-0.39, 0.29) is 0 Å². The first-order valence-corrected chi connectivity index (χ1v) is 5.08. The number of nitrogens with zero attached hydrogens (tertiary/aromatic N) is 2. The summed E-state index contributed by atoms with van der Waals surface area (Å²) in [6, 6.07) is 4.07. The number of isocyanates is 1. The summed E-state index contributed by atoms with van der Waals surface area (Å²) < 4.78 is -0.553. The van der Waals surface area contributed by atoms with E-state index < -0.39 is 4.32 Å². The Labute approximate surface area is 93.3 Å². The average Bonchev–Trinajstić information content (AvgIpc) is 2.15. The largest absolute Gasteiger partial charge is 0.231 e. The van der Waals surface area contributed by atoms with E-state index in [1.54, 1.807) is 0 Å². The summed E-state index contributed by atoms with van der Waals surface area (Å²) in [6.45, 7) is 0. The first kappa shape index (κ1) is 14.8. The van der Waals surface area contributed by atoms with Gasteiger partial charge in [-0.25, -0.2) is 10.2 Å². The van der Waals surface area contributed by atoms with Crippen LogP contribution in [0.5, 0.6) is 0 Å². The summed E-state index contributed by atoms with van der Waals surface area (Å²) in [7, 11) is 0. The van der Waals surface area contributed by atoms with E-state index in [9.17, 15) is 0 Å². The van der Waals surface area contributed by atoms with Crippen molar-refractivity contribution in [1.82, 2.24) is 0 Å². The Bertz CT molecular complexity index is 249. The van der Waals surface area contributed by atoms with Crippen LogP contribution in [0.25, 0.3) is 0 Å². The van der Waals surface area contributed by atoms with Crippen molar-refractivity contribution in [2.24, 2.45) is 0 Å². The molecule has 0 aromatic heterocycles. The molecule has 0 rings (SSSR count). The van der Waals surface area contributed by atoms with Gasteiger partial charge in [-0.1, -0.05) is 31.9 Å². The molecule has 0 radical (unpaired) electrons. The lowest BCUT2D eigenvalue weighted by Gasteiger charge is -2.12. The Hall–Kier alpha value is -0.680. The number of nitriles is 2. The molecule has 0 fully saturated rings. The number of rotatable bonds is 3. The van der Waals surface area contributed by atoms with E-state index in [1.165, 1.54) is 0 Å². The Kier molecular flexibility index (Phi) is 10.7. The topological polar surface area (TPSA) is 88.5 Å². The molecule has 13 heavy (non-hydrogen) atoms. The van der Waals surface area contributed by atoms with Gasteiger partial charge in [-0.15, -0.1) is 0 Å². The van der Waals surface area contributed by atoms with Crippen molar-refractivity contribution in [3.05, 3.63) is 0 Å². The second-order valence-corrected chi connectivity index (χ2v) is 4.05. The lowest BCUT2D eigenvalue weighted by Crippen LogP contribution is -2.19. The Morgan fingerprint density at radius 1 is 1.46 bits per heavy atom. The average molecular weight is 309 g/mol. The molecule has 1 atom stereocenters. The van der Waals surface area contributed by atoms with E-state index in [4.69, 9.17) is 20.7 Å². The SMILES string of the molecule is N#CCCC(Br)(C#N)CBr.N=C=O. The molecule has 0 aromatic rings. The summed E-state index contributed by atoms with van der Waals surface area (Å²) in [4.78, 5) is 8.35. The minimum Gasteiger partial charge on any atom is -0.222 e. The predicted molar refractivity (Wildman–Crippen MR) is 54.3 cm³/mol. The van der Waals surface area contributed by atoms with Gasteiger partial charge in [-0.05, 0) is 6.42 Å². The molecular formula is C7H7Br2N3O. The number of halogens is 2. The fourth-order valence-electron chi connectivity index (χ4n) is 0.407. The van der Waals surface area contributed by atoms with Crippen LogP contribution in [0.3, 0.4) is 0 Å². The maximum Gasteiger partial charge on any atom is 0.231 e. The maximum atomic E-state index is 8.58. The van der Waals surface area contributed by atoms with E-state index in [0.717, 1.165) is 6.08 Å². The molecule has 1 N–H and O–H groups in total. The number of hydrogen-bond acceptors (Lipinski definition) is 4. The van der Waals surface area contributed by atoms with Gasteiger partial charge < -0.3 is 0 Å². The van der Waals surface area contributed by atoms with Crippen molar-refractivity contribution in [2.75, 3.05) is 5.33 Å². The smallest absolute Gasteiger partial charge is 0.222 e. The highest BCUT2D eigenvalue weighted by Crippen LogP contribution is 2.25. The lowest BCUT2D eigenvalue weighted by molar-refractivity contribution is 0.563. The van der Waals surface area contributed by atoms with Crippen LogP contribution in [-0.2, 0) is 4.79 Å². The monoisotopic (exact) mass is 307 g/mol. The van der Waals surface area contributed by atoms with Crippen molar-refractivity contribution in [2.45, 2.75) is 17.2 Å². The van der Waals surface area contributed by atoms with Crippen molar-refractivity contribution in [3.63, 3.8) is 0 Å². The molecule has 0 aliphatic carbocycles. The van der Waals surface area contributed by atoms with E-state index in [1.807, 2.05) is 6.07 Å². The van der Waals surface area contributed by atoms with Crippen molar-refractivity contribution in [1.29, 1.82) is 15.9 Å². The number of nitrogens with one attached hydrogen (secondary N) is 1. The molecule has 0 spiro atoms. The number of alkyl halides is 2. The normalized spacial score (nSPS) is 12.0. The fourth-order valence-corrected chi connectivity index (χ4v) is 1.01. The second kappa shape index (κ2) is 9.41. The van der Waals surface area contributed by atoms with Crippen LogP contribution in [0.1, 0.15) is 12.8 Å². The second-order valence-electron chi connectivity index (χ2n) is 1.97. The summed E-state index contributed by atoms with van der Waals surface area (Å²) >= 11 is 6.41. The van der Waals surface area contributed by atoms with Gasteiger partial charge in [0.25, 0.3) is 0 Å². The van der Waals surface area contributed by atoms with Crippen LogP contribution in [0.4, 0.5) is 0 Å². The van der Waals surface area contributed by atoms with Crippen LogP contribution < -0.4 is 0 Å². The van der Waals surface area contributed by atoms with Crippen LogP contribution in [0.2, 0.25) is 0 Å². The Morgan fingerprint density at radius 2 is 1.92 bits per heavy atom. The van der Waals surface area contributed by atoms with Crippen LogP contribution in [-0.4, -0.2) is 15.7 Å². The summed E-state index contributed by atoms with van der Waals surface area (Å²) in [6.07, 6.45) is 1.72. The van der Waals surface area contributed by atoms with Crippen molar-refractivity contribution >= 4 is 37.9 Å². The quantitative estimate of drug-likeness (QED) is 0.492. The number of hydrogen-bond donors (Lipinski definition) is 1. The van der Waals surface area contributed by atoms with Gasteiger partial charge in [0, 0.05) is 11.8 Å². The van der Waals surface area contributed by atoms with Gasteiger partial charge in [0.1, 0.15) is 4.32 Å². The molecule has 1 unspecified atom stereocenters. The molecule has 4 nitrogen and oxygen atoms in total. The molecular weight excluding hydrogens is 302 g/mol. The zero-order chi connectivity index (χ0) is 10.7. The third-order valence-electron chi connectivity index (χ3n) is 1.05. The van der Waals surface area contributed by atoms with Gasteiger partial charge in [-0.3, -0.25) is 0 Å². The molecule has 0 saturated heterocycles. The highest BCUT2D eigenvalue weighted by atomic mass is 79.9. The zero-order valence-electron chi connectivity index (χ0n) is 6.68. The molecule has 0 heterocycles. The van der Waals surface area contributed by atoms with Gasteiger partial charge in [-0.2, -0.15) is 10.5 Å². The first-order valence-electron chi connectivity index (χ1n) is 3.17. The third-order valence-corrected chi connectivity index (χ3v) is 3.61. The predicted octanol–water partition coefficient (Wildman–Crippen LogP) is 2.24. The molecule has 0 aromatic carbocycles. The van der Waals surface area contributed by atoms with Gasteiger partial charge in [0.15, 0.2) is 0 Å². The highest BCUT2D eigenvalue weighted by molar-refractivity contribution is 9.12. The Balaban J connectivity index is 0. The third kappa shape index (κ3) is 9.23. The maximum absolute atomic E-state index is 8.58. The minimum absolute atomic E-state index is 0.407. The van der Waals surface area contributed by atoms with Crippen molar-refractivity contribution in [3.8, 4) is 12.1 Å².